The Bertz CT molecular complexity index is 985. The molecule has 0 radical (unpaired) electrons. The van der Waals surface area contributed by atoms with Crippen molar-refractivity contribution in [2.24, 2.45) is 9.98 Å². The highest BCUT2D eigenvalue weighted by Crippen LogP contribution is 2.22. The lowest BCUT2D eigenvalue weighted by Gasteiger charge is -2.10. The summed E-state index contributed by atoms with van der Waals surface area (Å²) in [5, 5.41) is 0. The van der Waals surface area contributed by atoms with E-state index in [2.05, 4.69) is 90.1 Å². The van der Waals surface area contributed by atoms with E-state index in [0.29, 0.717) is 0 Å². The summed E-state index contributed by atoms with van der Waals surface area (Å²) in [4.78, 5) is 10.4. The fraction of sp³-hybridized carbons (Fsp3) is 0.543. The highest BCUT2D eigenvalue weighted by atomic mass is 14.8. The van der Waals surface area contributed by atoms with Gasteiger partial charge < -0.3 is 0 Å². The second-order valence-electron chi connectivity index (χ2n) is 10.9. The number of aryl methyl sites for hydroxylation is 4. The monoisotopic (exact) mass is 500 g/mol. The lowest BCUT2D eigenvalue weighted by atomic mass is 10.0. The molecule has 0 heterocycles. The average molecular weight is 501 g/mol. The molecule has 2 aromatic carbocycles. The van der Waals surface area contributed by atoms with Gasteiger partial charge in [0, 0.05) is 0 Å². The van der Waals surface area contributed by atoms with Crippen molar-refractivity contribution in [2.45, 2.75) is 125 Å². The maximum Gasteiger partial charge on any atom is 0.0848 e. The molecule has 0 bridgehead atoms. The molecule has 0 N–H and O–H groups in total. The van der Waals surface area contributed by atoms with Crippen molar-refractivity contribution in [1.82, 2.24) is 0 Å². The molecule has 0 aliphatic rings. The largest absolute Gasteiger partial charge is 0.251 e. The summed E-state index contributed by atoms with van der Waals surface area (Å²) in [6.07, 6.45) is 20.8. The minimum absolute atomic E-state index is 0.962. The SMILES string of the molecule is CCCCCCCC=CC(=Nc1cc(C)cc(C)c1)C(CCCCCCCC)=Nc1cc(C)cc(C)c1. The Morgan fingerprint density at radius 2 is 1.03 bits per heavy atom. The third-order valence-corrected chi connectivity index (χ3v) is 6.74. The Balaban J connectivity index is 2.37. The van der Waals surface area contributed by atoms with Crippen LogP contribution in [0.4, 0.5) is 11.4 Å². The van der Waals surface area contributed by atoms with Crippen LogP contribution in [0.3, 0.4) is 0 Å². The lowest BCUT2D eigenvalue weighted by Crippen LogP contribution is -2.12. The molecule has 0 atom stereocenters. The molecule has 37 heavy (non-hydrogen) atoms. The summed E-state index contributed by atoms with van der Waals surface area (Å²) in [6, 6.07) is 13.2. The molecule has 2 aromatic rings. The first kappa shape index (κ1) is 30.7. The molecule has 0 spiro atoms. The Labute approximate surface area is 228 Å². The Morgan fingerprint density at radius 1 is 0.568 bits per heavy atom. The summed E-state index contributed by atoms with van der Waals surface area (Å²) in [5.41, 5.74) is 9.22. The fourth-order valence-corrected chi connectivity index (χ4v) is 4.90. The predicted molar refractivity (Wildman–Crippen MR) is 167 cm³/mol. The van der Waals surface area contributed by atoms with Crippen molar-refractivity contribution in [2.75, 3.05) is 0 Å². The molecule has 2 rings (SSSR count). The van der Waals surface area contributed by atoms with Crippen LogP contribution in [0.1, 0.15) is 120 Å². The molecule has 0 saturated heterocycles. The second-order valence-corrected chi connectivity index (χ2v) is 10.9. The summed E-state index contributed by atoms with van der Waals surface area (Å²) in [6.45, 7) is 13.2. The molecule has 0 amide bonds. The molecule has 2 heteroatoms. The molecule has 0 aliphatic heterocycles. The van der Waals surface area contributed by atoms with Crippen LogP contribution in [0.25, 0.3) is 0 Å². The summed E-state index contributed by atoms with van der Waals surface area (Å²) < 4.78 is 0. The van der Waals surface area contributed by atoms with Crippen molar-refractivity contribution in [3.8, 4) is 0 Å². The number of allylic oxidation sites excluding steroid dienone is 2. The number of aliphatic imine (C=N–C) groups is 2. The van der Waals surface area contributed by atoms with E-state index < -0.39 is 0 Å². The van der Waals surface area contributed by atoms with Gasteiger partial charge >= 0.3 is 0 Å². The number of rotatable bonds is 17. The zero-order valence-electron chi connectivity index (χ0n) is 24.7. The summed E-state index contributed by atoms with van der Waals surface area (Å²) in [5.74, 6) is 0. The minimum Gasteiger partial charge on any atom is -0.251 e. The van der Waals surface area contributed by atoms with Crippen LogP contribution in [0, 0.1) is 27.7 Å². The number of benzene rings is 2. The third kappa shape index (κ3) is 13.0. The first-order valence-corrected chi connectivity index (χ1v) is 14.9. The quantitative estimate of drug-likeness (QED) is 0.152. The third-order valence-electron chi connectivity index (χ3n) is 6.74. The molecular formula is C35H52N2. The molecule has 0 saturated carbocycles. The van der Waals surface area contributed by atoms with E-state index >= 15 is 0 Å². The van der Waals surface area contributed by atoms with Crippen molar-refractivity contribution < 1.29 is 0 Å². The zero-order chi connectivity index (χ0) is 26.9. The predicted octanol–water partition coefficient (Wildman–Crippen LogP) is 11.4. The Morgan fingerprint density at radius 3 is 1.57 bits per heavy atom. The van der Waals surface area contributed by atoms with Crippen LogP contribution in [0.5, 0.6) is 0 Å². The van der Waals surface area contributed by atoms with Crippen molar-refractivity contribution in [1.29, 1.82) is 0 Å². The molecule has 2 nitrogen and oxygen atoms in total. The van der Waals surface area contributed by atoms with Gasteiger partial charge in [-0.1, -0.05) is 89.8 Å². The fourth-order valence-electron chi connectivity index (χ4n) is 4.90. The van der Waals surface area contributed by atoms with Crippen molar-refractivity contribution in [3.05, 3.63) is 70.8 Å². The van der Waals surface area contributed by atoms with Crippen LogP contribution >= 0.6 is 0 Å². The maximum atomic E-state index is 5.23. The van der Waals surface area contributed by atoms with Gasteiger partial charge in [-0.2, -0.15) is 0 Å². The van der Waals surface area contributed by atoms with E-state index in [9.17, 15) is 0 Å². The number of hydrogen-bond acceptors (Lipinski definition) is 2. The van der Waals surface area contributed by atoms with E-state index in [4.69, 9.17) is 9.98 Å². The van der Waals surface area contributed by atoms with E-state index in [1.807, 2.05) is 0 Å². The van der Waals surface area contributed by atoms with Crippen molar-refractivity contribution >= 4 is 22.8 Å². The van der Waals surface area contributed by atoms with Gasteiger partial charge in [0.1, 0.15) is 0 Å². The molecular weight excluding hydrogens is 448 g/mol. The Kier molecular flexibility index (Phi) is 14.9. The van der Waals surface area contributed by atoms with E-state index in [1.54, 1.807) is 0 Å². The zero-order valence-corrected chi connectivity index (χ0v) is 24.7. The van der Waals surface area contributed by atoms with Crippen LogP contribution in [0.2, 0.25) is 0 Å². The maximum absolute atomic E-state index is 5.23. The topological polar surface area (TPSA) is 24.7 Å². The van der Waals surface area contributed by atoms with Crippen LogP contribution < -0.4 is 0 Å². The van der Waals surface area contributed by atoms with E-state index in [1.165, 1.54) is 86.5 Å². The van der Waals surface area contributed by atoms with Gasteiger partial charge in [-0.25, -0.2) is 4.99 Å². The van der Waals surface area contributed by atoms with Crippen molar-refractivity contribution in [3.63, 3.8) is 0 Å². The van der Waals surface area contributed by atoms with Gasteiger partial charge in [0.2, 0.25) is 0 Å². The number of hydrogen-bond donors (Lipinski definition) is 0. The highest BCUT2D eigenvalue weighted by Gasteiger charge is 2.09. The van der Waals surface area contributed by atoms with Gasteiger partial charge in [0.05, 0.1) is 22.8 Å². The normalized spacial score (nSPS) is 12.6. The van der Waals surface area contributed by atoms with Gasteiger partial charge in [-0.15, -0.1) is 0 Å². The summed E-state index contributed by atoms with van der Waals surface area (Å²) >= 11 is 0. The van der Waals surface area contributed by atoms with Crippen LogP contribution in [0.15, 0.2) is 58.5 Å². The average Bonchev–Trinajstić information content (AvgIpc) is 2.83. The smallest absolute Gasteiger partial charge is 0.0848 e. The van der Waals surface area contributed by atoms with Gasteiger partial charge in [0.15, 0.2) is 0 Å². The number of unbranched alkanes of at least 4 members (excludes halogenated alkanes) is 10. The number of nitrogens with zero attached hydrogens (tertiary/aromatic N) is 2. The lowest BCUT2D eigenvalue weighted by molar-refractivity contribution is 0.616. The van der Waals surface area contributed by atoms with Gasteiger partial charge in [0.25, 0.3) is 0 Å². The summed E-state index contributed by atoms with van der Waals surface area (Å²) in [7, 11) is 0. The van der Waals surface area contributed by atoms with Crippen LogP contribution in [-0.2, 0) is 0 Å². The van der Waals surface area contributed by atoms with E-state index in [0.717, 1.165) is 42.1 Å². The standard InChI is InChI=1S/C35H52N2/c1-7-9-11-13-15-17-19-21-35(37-33-26-30(5)23-31(6)27-33)34(20-18-16-14-12-10-8-2)36-32-24-28(3)22-29(4)25-32/h19,21-27H,7-18,20H2,1-6H3. The van der Waals surface area contributed by atoms with Gasteiger partial charge in [-0.05, 0) is 106 Å². The molecule has 0 fully saturated rings. The Hall–Kier alpha value is -2.48. The van der Waals surface area contributed by atoms with Gasteiger partial charge in [-0.3, -0.25) is 4.99 Å². The molecule has 0 aromatic heterocycles. The molecule has 0 unspecified atom stereocenters. The molecule has 202 valence electrons. The minimum atomic E-state index is 0.962. The first-order chi connectivity index (χ1) is 17.9. The van der Waals surface area contributed by atoms with Crippen LogP contribution in [-0.4, -0.2) is 11.4 Å². The van der Waals surface area contributed by atoms with E-state index in [-0.39, 0.29) is 0 Å². The highest BCUT2D eigenvalue weighted by molar-refractivity contribution is 6.47. The second kappa shape index (κ2) is 17.9. The first-order valence-electron chi connectivity index (χ1n) is 14.9. The molecule has 0 aliphatic carbocycles.